The molecule has 14 heavy (non-hydrogen) atoms. The van der Waals surface area contributed by atoms with Crippen molar-refractivity contribution in [3.8, 4) is 0 Å². The third-order valence-electron chi connectivity index (χ3n) is 2.55. The lowest BCUT2D eigenvalue weighted by molar-refractivity contribution is 0.333. The van der Waals surface area contributed by atoms with Crippen molar-refractivity contribution in [1.82, 2.24) is 4.98 Å². The fraction of sp³-hybridized carbons (Fsp3) is 0.500. The van der Waals surface area contributed by atoms with Gasteiger partial charge >= 0.3 is 0 Å². The minimum atomic E-state index is -0.920. The maximum atomic E-state index is 13.1. The number of aromatic nitrogens is 1. The number of hydrogen-bond acceptors (Lipinski definition) is 3. The van der Waals surface area contributed by atoms with Crippen LogP contribution in [0.25, 0.3) is 0 Å². The minimum absolute atomic E-state index is 0.365. The molecule has 1 saturated heterocycles. The van der Waals surface area contributed by atoms with Crippen molar-refractivity contribution in [2.45, 2.75) is 19.1 Å². The van der Waals surface area contributed by atoms with Gasteiger partial charge in [-0.3, -0.25) is 4.98 Å². The highest BCUT2D eigenvalue weighted by molar-refractivity contribution is 5.46. The normalized spacial score (nSPS) is 26.9. The summed E-state index contributed by atoms with van der Waals surface area (Å²) in [6.07, 6.45) is 0.844. The molecule has 3 nitrogen and oxygen atoms in total. The number of nitrogens with zero attached hydrogens (tertiary/aromatic N) is 2. The smallest absolute Gasteiger partial charge is 0.134 e. The van der Waals surface area contributed by atoms with Gasteiger partial charge in [-0.2, -0.15) is 0 Å². The second-order valence-corrected chi connectivity index (χ2v) is 3.74. The van der Waals surface area contributed by atoms with Crippen LogP contribution < -0.4 is 10.6 Å². The molecule has 0 bridgehead atoms. The molecule has 0 aliphatic carbocycles. The molecular formula is C10H14FN3. The van der Waals surface area contributed by atoms with Crippen LogP contribution in [0.5, 0.6) is 0 Å². The first-order valence-corrected chi connectivity index (χ1v) is 4.74. The van der Waals surface area contributed by atoms with Gasteiger partial charge in [0.25, 0.3) is 0 Å². The molecule has 1 aromatic heterocycles. The van der Waals surface area contributed by atoms with E-state index in [-0.39, 0.29) is 6.04 Å². The van der Waals surface area contributed by atoms with Crippen LogP contribution >= 0.6 is 0 Å². The van der Waals surface area contributed by atoms with E-state index in [0.29, 0.717) is 13.1 Å². The number of pyridine rings is 1. The summed E-state index contributed by atoms with van der Waals surface area (Å²) in [5.74, 6) is 0. The molecule has 1 aromatic rings. The van der Waals surface area contributed by atoms with Gasteiger partial charge in [-0.05, 0) is 19.1 Å². The van der Waals surface area contributed by atoms with Gasteiger partial charge in [0.2, 0.25) is 0 Å². The third-order valence-corrected chi connectivity index (χ3v) is 2.55. The van der Waals surface area contributed by atoms with E-state index in [4.69, 9.17) is 5.73 Å². The minimum Gasteiger partial charge on any atom is -0.366 e. The highest BCUT2D eigenvalue weighted by Gasteiger charge is 2.29. The monoisotopic (exact) mass is 195 g/mol. The molecule has 0 unspecified atom stereocenters. The third kappa shape index (κ3) is 1.70. The summed E-state index contributed by atoms with van der Waals surface area (Å²) in [6, 6.07) is 3.51. The molecule has 1 fully saturated rings. The SMILES string of the molecule is Cc1ccc(N2C[C@@H](N)[C@H](F)C2)cn1. The van der Waals surface area contributed by atoms with Crippen molar-refractivity contribution in [3.63, 3.8) is 0 Å². The predicted octanol–water partition coefficient (Wildman–Crippen LogP) is 0.875. The van der Waals surface area contributed by atoms with Crippen molar-refractivity contribution in [2.75, 3.05) is 18.0 Å². The Kier molecular flexibility index (Phi) is 2.37. The van der Waals surface area contributed by atoms with Gasteiger partial charge in [-0.1, -0.05) is 0 Å². The molecular weight excluding hydrogens is 181 g/mol. The van der Waals surface area contributed by atoms with Crippen LogP contribution in [-0.4, -0.2) is 30.3 Å². The summed E-state index contributed by atoms with van der Waals surface area (Å²) in [7, 11) is 0. The zero-order valence-electron chi connectivity index (χ0n) is 8.15. The molecule has 0 amide bonds. The first-order chi connectivity index (χ1) is 6.66. The highest BCUT2D eigenvalue weighted by atomic mass is 19.1. The van der Waals surface area contributed by atoms with Gasteiger partial charge in [-0.25, -0.2) is 4.39 Å². The summed E-state index contributed by atoms with van der Waals surface area (Å²) in [4.78, 5) is 6.10. The zero-order valence-corrected chi connectivity index (χ0v) is 8.15. The van der Waals surface area contributed by atoms with Crippen molar-refractivity contribution < 1.29 is 4.39 Å². The number of anilines is 1. The number of hydrogen-bond donors (Lipinski definition) is 1. The molecule has 4 heteroatoms. The van der Waals surface area contributed by atoms with Crippen molar-refractivity contribution >= 4 is 5.69 Å². The van der Waals surface area contributed by atoms with Gasteiger partial charge in [0.1, 0.15) is 6.17 Å². The summed E-state index contributed by atoms with van der Waals surface area (Å²) in [5, 5.41) is 0. The van der Waals surface area contributed by atoms with Crippen LogP contribution in [0.1, 0.15) is 5.69 Å². The van der Waals surface area contributed by atoms with Crippen LogP contribution in [-0.2, 0) is 0 Å². The van der Waals surface area contributed by atoms with Gasteiger partial charge in [0.15, 0.2) is 0 Å². The Balaban J connectivity index is 2.13. The molecule has 0 aromatic carbocycles. The van der Waals surface area contributed by atoms with Crippen LogP contribution in [0.2, 0.25) is 0 Å². The highest BCUT2D eigenvalue weighted by Crippen LogP contribution is 2.20. The van der Waals surface area contributed by atoms with Crippen LogP contribution in [0.3, 0.4) is 0 Å². The fourth-order valence-corrected chi connectivity index (χ4v) is 1.65. The van der Waals surface area contributed by atoms with E-state index in [1.165, 1.54) is 0 Å². The number of rotatable bonds is 1. The molecule has 76 valence electrons. The predicted molar refractivity (Wildman–Crippen MR) is 54.1 cm³/mol. The summed E-state index contributed by atoms with van der Waals surface area (Å²) in [6.45, 7) is 2.88. The first-order valence-electron chi connectivity index (χ1n) is 4.74. The molecule has 2 atom stereocenters. The van der Waals surface area contributed by atoms with Gasteiger partial charge < -0.3 is 10.6 Å². The zero-order chi connectivity index (χ0) is 10.1. The Hall–Kier alpha value is -1.16. The van der Waals surface area contributed by atoms with Crippen molar-refractivity contribution in [1.29, 1.82) is 0 Å². The summed E-state index contributed by atoms with van der Waals surface area (Å²) >= 11 is 0. The van der Waals surface area contributed by atoms with Crippen molar-refractivity contribution in [3.05, 3.63) is 24.0 Å². The number of aryl methyl sites for hydroxylation is 1. The van der Waals surface area contributed by atoms with Gasteiger partial charge in [-0.15, -0.1) is 0 Å². The lowest BCUT2D eigenvalue weighted by Crippen LogP contribution is -2.30. The molecule has 1 aliphatic rings. The largest absolute Gasteiger partial charge is 0.366 e. The maximum absolute atomic E-state index is 13.1. The summed E-state index contributed by atoms with van der Waals surface area (Å²) < 4.78 is 13.1. The number of halogens is 1. The first kappa shape index (κ1) is 9.40. The maximum Gasteiger partial charge on any atom is 0.134 e. The Morgan fingerprint density at radius 1 is 1.50 bits per heavy atom. The van der Waals surface area contributed by atoms with Crippen molar-refractivity contribution in [2.24, 2.45) is 5.73 Å². The molecule has 0 saturated carbocycles. The number of alkyl halides is 1. The van der Waals surface area contributed by atoms with E-state index >= 15 is 0 Å². The van der Waals surface area contributed by atoms with E-state index in [9.17, 15) is 4.39 Å². The average molecular weight is 195 g/mol. The van der Waals surface area contributed by atoms with Gasteiger partial charge in [0, 0.05) is 12.2 Å². The van der Waals surface area contributed by atoms with E-state index in [2.05, 4.69) is 4.98 Å². The standard InChI is InChI=1S/C10H14FN3/c1-7-2-3-8(4-13-7)14-5-9(11)10(12)6-14/h2-4,9-10H,5-6,12H2,1H3/t9-,10-/m1/s1. The Labute approximate surface area is 82.7 Å². The molecule has 0 spiro atoms. The Bertz CT molecular complexity index is 302. The van der Waals surface area contributed by atoms with Crippen LogP contribution in [0, 0.1) is 6.92 Å². The lowest BCUT2D eigenvalue weighted by Gasteiger charge is -2.16. The topological polar surface area (TPSA) is 42.1 Å². The lowest BCUT2D eigenvalue weighted by atomic mass is 10.3. The fourth-order valence-electron chi connectivity index (χ4n) is 1.65. The Morgan fingerprint density at radius 3 is 2.79 bits per heavy atom. The van der Waals surface area contributed by atoms with E-state index in [1.807, 2.05) is 24.0 Å². The second-order valence-electron chi connectivity index (χ2n) is 3.74. The van der Waals surface area contributed by atoms with E-state index in [1.54, 1.807) is 6.20 Å². The quantitative estimate of drug-likeness (QED) is 0.723. The molecule has 1 aliphatic heterocycles. The number of nitrogens with two attached hydrogens (primary N) is 1. The average Bonchev–Trinajstić information content (AvgIpc) is 2.48. The van der Waals surface area contributed by atoms with Gasteiger partial charge in [0.05, 0.1) is 24.5 Å². The van der Waals surface area contributed by atoms with E-state index in [0.717, 1.165) is 11.4 Å². The summed E-state index contributed by atoms with van der Waals surface area (Å²) in [5.41, 5.74) is 7.52. The van der Waals surface area contributed by atoms with E-state index < -0.39 is 6.17 Å². The molecule has 2 heterocycles. The molecule has 2 rings (SSSR count). The van der Waals surface area contributed by atoms with Crippen LogP contribution in [0.15, 0.2) is 18.3 Å². The van der Waals surface area contributed by atoms with Crippen LogP contribution in [0.4, 0.5) is 10.1 Å². The second kappa shape index (κ2) is 3.53. The molecule has 0 radical (unpaired) electrons. The Morgan fingerprint density at radius 2 is 2.29 bits per heavy atom. The molecule has 2 N–H and O–H groups in total.